The van der Waals surface area contributed by atoms with Gasteiger partial charge in [-0.3, -0.25) is 4.79 Å². The predicted octanol–water partition coefficient (Wildman–Crippen LogP) is 2.08. The van der Waals surface area contributed by atoms with E-state index < -0.39 is 5.79 Å². The zero-order valence-corrected chi connectivity index (χ0v) is 16.1. The number of ether oxygens (including phenoxy) is 4. The smallest absolute Gasteiger partial charge is 0.251 e. The molecule has 1 N–H and O–H groups in total. The van der Waals surface area contributed by atoms with Gasteiger partial charge in [-0.05, 0) is 29.8 Å². The van der Waals surface area contributed by atoms with Crippen molar-refractivity contribution in [1.82, 2.24) is 10.3 Å². The Morgan fingerprint density at radius 1 is 1.07 bits per heavy atom. The highest BCUT2D eigenvalue weighted by Gasteiger charge is 2.40. The van der Waals surface area contributed by atoms with E-state index >= 15 is 0 Å². The Morgan fingerprint density at radius 2 is 1.86 bits per heavy atom. The minimum Gasteiger partial charge on any atom is -0.454 e. The van der Waals surface area contributed by atoms with Gasteiger partial charge in [0.15, 0.2) is 17.3 Å². The van der Waals surface area contributed by atoms with Gasteiger partial charge in [0.1, 0.15) is 5.82 Å². The highest BCUT2D eigenvalue weighted by atomic mass is 16.7. The maximum Gasteiger partial charge on any atom is 0.251 e. The van der Waals surface area contributed by atoms with Crippen LogP contribution in [0.25, 0.3) is 0 Å². The van der Waals surface area contributed by atoms with Crippen molar-refractivity contribution in [2.75, 3.05) is 38.0 Å². The molecule has 0 bridgehead atoms. The molecule has 152 valence electrons. The zero-order valence-electron chi connectivity index (χ0n) is 16.1. The van der Waals surface area contributed by atoms with Gasteiger partial charge in [-0.25, -0.2) is 4.98 Å². The first-order valence-electron chi connectivity index (χ1n) is 9.86. The summed E-state index contributed by atoms with van der Waals surface area (Å²) < 4.78 is 22.3. The molecule has 1 aromatic carbocycles. The van der Waals surface area contributed by atoms with Crippen LogP contribution in [-0.2, 0) is 16.0 Å². The second-order valence-electron chi connectivity index (χ2n) is 7.37. The van der Waals surface area contributed by atoms with Crippen molar-refractivity contribution < 1.29 is 23.7 Å². The Kier molecular flexibility index (Phi) is 4.73. The van der Waals surface area contributed by atoms with Gasteiger partial charge in [-0.2, -0.15) is 0 Å². The first-order valence-corrected chi connectivity index (χ1v) is 9.86. The molecule has 2 fully saturated rings. The average molecular weight is 397 g/mol. The molecule has 1 amide bonds. The highest BCUT2D eigenvalue weighted by Crippen LogP contribution is 2.33. The number of anilines is 1. The number of benzene rings is 1. The lowest BCUT2D eigenvalue weighted by Gasteiger charge is -2.38. The van der Waals surface area contributed by atoms with Crippen LogP contribution >= 0.6 is 0 Å². The summed E-state index contributed by atoms with van der Waals surface area (Å²) in [6.07, 6.45) is 3.28. The molecule has 0 radical (unpaired) electrons. The monoisotopic (exact) mass is 397 g/mol. The van der Waals surface area contributed by atoms with Gasteiger partial charge in [-0.1, -0.05) is 6.07 Å². The van der Waals surface area contributed by atoms with Crippen molar-refractivity contribution in [3.63, 3.8) is 0 Å². The molecule has 8 heteroatoms. The average Bonchev–Trinajstić information content (AvgIpc) is 3.42. The van der Waals surface area contributed by atoms with E-state index in [0.29, 0.717) is 31.1 Å². The lowest BCUT2D eigenvalue weighted by Crippen LogP contribution is -2.45. The second kappa shape index (κ2) is 7.53. The molecule has 0 atom stereocenters. The standard InChI is InChI=1S/C21H23N3O5/c25-20(23-13-15-1-2-17-18(11-15)27-14-26-17)16-3-6-22-19(12-16)24-7-4-21(5-8-24)28-9-10-29-21/h1-3,6,11-12H,4-5,7-10,13-14H2,(H,23,25). The van der Waals surface area contributed by atoms with E-state index in [-0.39, 0.29) is 12.7 Å². The first-order chi connectivity index (χ1) is 14.2. The number of amides is 1. The highest BCUT2D eigenvalue weighted by molar-refractivity contribution is 5.94. The molecule has 0 saturated carbocycles. The third-order valence-corrected chi connectivity index (χ3v) is 5.56. The van der Waals surface area contributed by atoms with Crippen molar-refractivity contribution in [1.29, 1.82) is 0 Å². The normalized spacial score (nSPS) is 19.5. The van der Waals surface area contributed by atoms with Crippen LogP contribution in [0.5, 0.6) is 11.5 Å². The molecule has 4 heterocycles. The summed E-state index contributed by atoms with van der Waals surface area (Å²) in [5.74, 6) is 1.68. The van der Waals surface area contributed by atoms with Crippen LogP contribution in [0.3, 0.4) is 0 Å². The number of carbonyl (C=O) groups excluding carboxylic acids is 1. The van der Waals surface area contributed by atoms with Gasteiger partial charge in [0.05, 0.1) is 13.2 Å². The summed E-state index contributed by atoms with van der Waals surface area (Å²) in [5, 5.41) is 2.95. The fourth-order valence-electron chi connectivity index (χ4n) is 3.93. The molecular weight excluding hydrogens is 374 g/mol. The summed E-state index contributed by atoms with van der Waals surface area (Å²) in [6, 6.07) is 9.23. The molecule has 2 saturated heterocycles. The Morgan fingerprint density at radius 3 is 2.69 bits per heavy atom. The molecule has 29 heavy (non-hydrogen) atoms. The minimum atomic E-state index is -0.421. The minimum absolute atomic E-state index is 0.137. The van der Waals surface area contributed by atoms with Gasteiger partial charge in [0.25, 0.3) is 5.91 Å². The Balaban J connectivity index is 1.21. The summed E-state index contributed by atoms with van der Waals surface area (Å²) in [4.78, 5) is 19.3. The predicted molar refractivity (Wildman–Crippen MR) is 104 cm³/mol. The van der Waals surface area contributed by atoms with E-state index in [0.717, 1.165) is 43.1 Å². The van der Waals surface area contributed by atoms with Crippen molar-refractivity contribution in [2.45, 2.75) is 25.2 Å². The number of hydrogen-bond donors (Lipinski definition) is 1. The molecule has 8 nitrogen and oxygen atoms in total. The van der Waals surface area contributed by atoms with Crippen LogP contribution < -0.4 is 19.7 Å². The number of rotatable bonds is 4. The first kappa shape index (κ1) is 18.2. The SMILES string of the molecule is O=C(NCc1ccc2c(c1)OCO2)c1ccnc(N2CCC3(CC2)OCCO3)c1. The number of hydrogen-bond acceptors (Lipinski definition) is 7. The number of pyridine rings is 1. The third kappa shape index (κ3) is 3.73. The quantitative estimate of drug-likeness (QED) is 0.846. The zero-order chi connectivity index (χ0) is 19.7. The van der Waals surface area contributed by atoms with Crippen molar-refractivity contribution in [3.05, 3.63) is 47.7 Å². The van der Waals surface area contributed by atoms with Crippen molar-refractivity contribution in [2.24, 2.45) is 0 Å². The number of aromatic nitrogens is 1. The van der Waals surface area contributed by atoms with Gasteiger partial charge >= 0.3 is 0 Å². The van der Waals surface area contributed by atoms with Crippen molar-refractivity contribution in [3.8, 4) is 11.5 Å². The molecule has 1 aromatic heterocycles. The fourth-order valence-corrected chi connectivity index (χ4v) is 3.93. The van der Waals surface area contributed by atoms with E-state index in [1.54, 1.807) is 12.3 Å². The maximum atomic E-state index is 12.6. The molecular formula is C21H23N3O5. The molecule has 0 unspecified atom stereocenters. The summed E-state index contributed by atoms with van der Waals surface area (Å²) in [6.45, 7) is 3.55. The molecule has 3 aliphatic rings. The number of nitrogens with zero attached hydrogens (tertiary/aromatic N) is 2. The molecule has 2 aromatic rings. The Labute approximate surface area is 168 Å². The summed E-state index contributed by atoms with van der Waals surface area (Å²) in [5.41, 5.74) is 1.54. The van der Waals surface area contributed by atoms with Gasteiger partial charge in [0, 0.05) is 44.2 Å². The lowest BCUT2D eigenvalue weighted by molar-refractivity contribution is -0.169. The second-order valence-corrected chi connectivity index (χ2v) is 7.37. The van der Waals surface area contributed by atoms with Gasteiger partial charge < -0.3 is 29.2 Å². The molecule has 5 rings (SSSR count). The van der Waals surface area contributed by atoms with E-state index in [4.69, 9.17) is 18.9 Å². The number of nitrogens with one attached hydrogen (secondary N) is 1. The maximum absolute atomic E-state index is 12.6. The topological polar surface area (TPSA) is 82.2 Å². The number of carbonyl (C=O) groups is 1. The van der Waals surface area contributed by atoms with E-state index in [9.17, 15) is 4.79 Å². The van der Waals surface area contributed by atoms with Crippen molar-refractivity contribution >= 4 is 11.7 Å². The number of piperidine rings is 1. The van der Waals surface area contributed by atoms with Gasteiger partial charge in [-0.15, -0.1) is 0 Å². The third-order valence-electron chi connectivity index (χ3n) is 5.56. The number of fused-ring (bicyclic) bond motifs is 1. The fraction of sp³-hybridized carbons (Fsp3) is 0.429. The molecule has 3 aliphatic heterocycles. The van der Waals surface area contributed by atoms with Gasteiger partial charge in [0.2, 0.25) is 6.79 Å². The van der Waals surface area contributed by atoms with Crippen LogP contribution in [0.15, 0.2) is 36.5 Å². The van der Waals surface area contributed by atoms with E-state index in [2.05, 4.69) is 15.2 Å². The van der Waals surface area contributed by atoms with Crippen LogP contribution in [0.1, 0.15) is 28.8 Å². The molecule has 1 spiro atoms. The van der Waals surface area contributed by atoms with E-state index in [1.165, 1.54) is 0 Å². The lowest BCUT2D eigenvalue weighted by atomic mass is 10.0. The Hall–Kier alpha value is -2.84. The van der Waals surface area contributed by atoms with Crippen LogP contribution in [0.2, 0.25) is 0 Å². The molecule has 0 aliphatic carbocycles. The summed E-state index contributed by atoms with van der Waals surface area (Å²) in [7, 11) is 0. The van der Waals surface area contributed by atoms with Crippen LogP contribution in [0.4, 0.5) is 5.82 Å². The van der Waals surface area contributed by atoms with Crippen LogP contribution in [-0.4, -0.2) is 49.8 Å². The Bertz CT molecular complexity index is 903. The van der Waals surface area contributed by atoms with Crippen LogP contribution in [0, 0.1) is 0 Å². The van der Waals surface area contributed by atoms with E-state index in [1.807, 2.05) is 24.3 Å². The largest absolute Gasteiger partial charge is 0.454 e. The summed E-state index contributed by atoms with van der Waals surface area (Å²) >= 11 is 0.